The average molecular weight is 424 g/mol. The van der Waals surface area contributed by atoms with Crippen molar-refractivity contribution in [3.8, 4) is 0 Å². The Bertz CT molecular complexity index is 1040. The summed E-state index contributed by atoms with van der Waals surface area (Å²) in [7, 11) is -2.89. The fourth-order valence-electron chi connectivity index (χ4n) is 2.73. The number of nitrogens with one attached hydrogen (secondary N) is 1. The van der Waals surface area contributed by atoms with Gasteiger partial charge in [-0.3, -0.25) is 9.36 Å². The highest BCUT2D eigenvalue weighted by molar-refractivity contribution is 7.38. The lowest BCUT2D eigenvalue weighted by Gasteiger charge is -2.14. The van der Waals surface area contributed by atoms with Gasteiger partial charge in [0.2, 0.25) is 5.91 Å². The molecule has 0 saturated carbocycles. The van der Waals surface area contributed by atoms with Gasteiger partial charge in [-0.1, -0.05) is 29.8 Å². The number of halogens is 2. The van der Waals surface area contributed by atoms with E-state index in [-0.39, 0.29) is 6.16 Å². The van der Waals surface area contributed by atoms with Gasteiger partial charge < -0.3 is 10.2 Å². The van der Waals surface area contributed by atoms with E-state index >= 15 is 0 Å². The third-order valence-corrected chi connectivity index (χ3v) is 6.00. The van der Waals surface area contributed by atoms with Gasteiger partial charge in [-0.2, -0.15) is 0 Å². The molecular formula is C19H16ClFNO3PS. The highest BCUT2D eigenvalue weighted by Crippen LogP contribution is 2.36. The molecule has 27 heavy (non-hydrogen) atoms. The van der Waals surface area contributed by atoms with Gasteiger partial charge in [-0.25, -0.2) is 4.39 Å². The molecule has 0 aliphatic rings. The second-order valence-electron chi connectivity index (χ2n) is 5.85. The maximum absolute atomic E-state index is 13.6. The number of amides is 1. The number of rotatable bonds is 6. The van der Waals surface area contributed by atoms with Gasteiger partial charge in [0, 0.05) is 27.6 Å². The van der Waals surface area contributed by atoms with Crippen LogP contribution in [-0.2, 0) is 9.36 Å². The van der Waals surface area contributed by atoms with Crippen molar-refractivity contribution in [2.45, 2.75) is 5.92 Å². The summed E-state index contributed by atoms with van der Waals surface area (Å²) >= 11 is 7.50. The maximum Gasteiger partial charge on any atom is 0.232 e. The average Bonchev–Trinajstić information content (AvgIpc) is 3.03. The van der Waals surface area contributed by atoms with E-state index in [1.165, 1.54) is 29.7 Å². The lowest BCUT2D eigenvalue weighted by atomic mass is 9.99. The minimum Gasteiger partial charge on any atom is -0.346 e. The summed E-state index contributed by atoms with van der Waals surface area (Å²) in [6, 6.07) is 11.5. The van der Waals surface area contributed by atoms with Crippen LogP contribution in [0.4, 0.5) is 4.39 Å². The molecule has 0 aliphatic heterocycles. The number of thiophene rings is 1. The van der Waals surface area contributed by atoms with Crippen molar-refractivity contribution in [3.63, 3.8) is 0 Å². The molecule has 1 heterocycles. The van der Waals surface area contributed by atoms with E-state index in [2.05, 4.69) is 5.32 Å². The van der Waals surface area contributed by atoms with Gasteiger partial charge in [0.05, 0.1) is 5.92 Å². The Morgan fingerprint density at radius 3 is 2.85 bits per heavy atom. The molecule has 0 spiro atoms. The van der Waals surface area contributed by atoms with Gasteiger partial charge in [-0.15, -0.1) is 11.3 Å². The van der Waals surface area contributed by atoms with Gasteiger partial charge in [0.15, 0.2) is 8.03 Å². The zero-order chi connectivity index (χ0) is 19.4. The van der Waals surface area contributed by atoms with Crippen LogP contribution in [0.5, 0.6) is 0 Å². The first-order valence-electron chi connectivity index (χ1n) is 8.05. The monoisotopic (exact) mass is 423 g/mol. The highest BCUT2D eigenvalue weighted by atomic mass is 35.5. The summed E-state index contributed by atoms with van der Waals surface area (Å²) in [4.78, 5) is 22.1. The van der Waals surface area contributed by atoms with Crippen molar-refractivity contribution >= 4 is 53.0 Å². The van der Waals surface area contributed by atoms with Crippen molar-refractivity contribution in [1.82, 2.24) is 5.32 Å². The van der Waals surface area contributed by atoms with Crippen LogP contribution in [0.3, 0.4) is 0 Å². The topological polar surface area (TPSA) is 66.4 Å². The number of carbonyl (C=O) groups excluding carboxylic acids is 1. The molecule has 2 atom stereocenters. The number of benzene rings is 2. The number of carbonyl (C=O) groups is 1. The molecular weight excluding hydrogens is 408 g/mol. The lowest BCUT2D eigenvalue weighted by Crippen LogP contribution is -2.26. The van der Waals surface area contributed by atoms with Crippen LogP contribution in [0.15, 0.2) is 54.0 Å². The standard InChI is InChI=1S/C19H16ClFNO3PS/c20-13-5-6-18-14(9-13)16(11-27-18)15(10-26(24)25)19(23)22-8-7-12-3-1-2-4-17(12)21/h1-9,11,15,26H,10H2,(H,22,23)(H,24,25)/b8-7+. The van der Waals surface area contributed by atoms with E-state index in [0.29, 0.717) is 16.1 Å². The van der Waals surface area contributed by atoms with E-state index in [9.17, 15) is 18.6 Å². The summed E-state index contributed by atoms with van der Waals surface area (Å²) in [6.45, 7) is 0. The van der Waals surface area contributed by atoms with Crippen LogP contribution in [0, 0.1) is 5.82 Å². The van der Waals surface area contributed by atoms with Crippen LogP contribution >= 0.6 is 31.0 Å². The van der Waals surface area contributed by atoms with Crippen LogP contribution in [0.25, 0.3) is 16.2 Å². The fraction of sp³-hybridized carbons (Fsp3) is 0.105. The molecule has 4 nitrogen and oxygen atoms in total. The first-order chi connectivity index (χ1) is 13.0. The minimum absolute atomic E-state index is 0.178. The largest absolute Gasteiger partial charge is 0.346 e. The molecule has 140 valence electrons. The molecule has 0 aliphatic carbocycles. The second kappa shape index (κ2) is 8.81. The highest BCUT2D eigenvalue weighted by Gasteiger charge is 2.25. The maximum atomic E-state index is 13.6. The first-order valence-corrected chi connectivity index (χ1v) is 10.9. The third-order valence-electron chi connectivity index (χ3n) is 4.03. The first kappa shape index (κ1) is 19.8. The van der Waals surface area contributed by atoms with Gasteiger partial charge >= 0.3 is 0 Å². The van der Waals surface area contributed by atoms with E-state index in [4.69, 9.17) is 11.6 Å². The van der Waals surface area contributed by atoms with Crippen molar-refractivity contribution in [1.29, 1.82) is 0 Å². The minimum atomic E-state index is -2.89. The zero-order valence-corrected chi connectivity index (χ0v) is 16.6. The summed E-state index contributed by atoms with van der Waals surface area (Å²) < 4.78 is 26.0. The summed E-state index contributed by atoms with van der Waals surface area (Å²) in [5.41, 5.74) is 0.986. The lowest BCUT2D eigenvalue weighted by molar-refractivity contribution is -0.121. The normalized spacial score (nSPS) is 13.7. The smallest absolute Gasteiger partial charge is 0.232 e. The molecule has 1 aromatic heterocycles. The second-order valence-corrected chi connectivity index (χ2v) is 8.39. The number of fused-ring (bicyclic) bond motifs is 1. The van der Waals surface area contributed by atoms with Crippen molar-refractivity contribution in [2.75, 3.05) is 6.16 Å². The summed E-state index contributed by atoms with van der Waals surface area (Å²) in [5, 5.41) is 5.70. The number of hydrogen-bond donors (Lipinski definition) is 2. The molecule has 0 bridgehead atoms. The van der Waals surface area contributed by atoms with E-state index in [0.717, 1.165) is 10.1 Å². The van der Waals surface area contributed by atoms with Gasteiger partial charge in [0.1, 0.15) is 5.82 Å². The predicted octanol–water partition coefficient (Wildman–Crippen LogP) is 5.03. The third kappa shape index (κ3) is 4.85. The van der Waals surface area contributed by atoms with Crippen LogP contribution in [0.1, 0.15) is 17.0 Å². The Hall–Kier alpha value is -1.98. The number of hydrogen-bond acceptors (Lipinski definition) is 3. The quantitative estimate of drug-likeness (QED) is 0.546. The van der Waals surface area contributed by atoms with Gasteiger partial charge in [-0.05, 0) is 46.7 Å². The molecule has 3 rings (SSSR count). The molecule has 2 N–H and O–H groups in total. The fourth-order valence-corrected chi connectivity index (χ4v) is 4.66. The van der Waals surface area contributed by atoms with Crippen molar-refractivity contribution in [3.05, 3.63) is 76.0 Å². The van der Waals surface area contributed by atoms with E-state index < -0.39 is 25.7 Å². The Balaban J connectivity index is 1.85. The SMILES string of the molecule is O=C(N/C=C/c1ccccc1F)C(C[PH](=O)O)c1csc2ccc(Cl)cc12. The summed E-state index contributed by atoms with van der Waals surface area (Å²) in [5.74, 6) is -1.65. The van der Waals surface area contributed by atoms with Crippen LogP contribution < -0.4 is 5.32 Å². The zero-order valence-electron chi connectivity index (χ0n) is 14.0. The molecule has 1 amide bonds. The molecule has 0 fully saturated rings. The molecule has 2 aromatic carbocycles. The Labute approximate surface area is 165 Å². The van der Waals surface area contributed by atoms with E-state index in [1.807, 2.05) is 6.07 Å². The Morgan fingerprint density at radius 1 is 1.33 bits per heavy atom. The van der Waals surface area contributed by atoms with E-state index in [1.54, 1.807) is 35.7 Å². The predicted molar refractivity (Wildman–Crippen MR) is 109 cm³/mol. The Morgan fingerprint density at radius 2 is 2.11 bits per heavy atom. The molecule has 3 aromatic rings. The van der Waals surface area contributed by atoms with Crippen LogP contribution in [0.2, 0.25) is 5.02 Å². The van der Waals surface area contributed by atoms with Gasteiger partial charge in [0.25, 0.3) is 0 Å². The van der Waals surface area contributed by atoms with Crippen molar-refractivity contribution in [2.24, 2.45) is 0 Å². The molecule has 8 heteroatoms. The molecule has 0 radical (unpaired) electrons. The van der Waals surface area contributed by atoms with Crippen LogP contribution in [-0.4, -0.2) is 17.0 Å². The Kier molecular flexibility index (Phi) is 6.45. The summed E-state index contributed by atoms with van der Waals surface area (Å²) in [6.07, 6.45) is 2.60. The molecule has 2 unspecified atom stereocenters. The molecule has 0 saturated heterocycles. The van der Waals surface area contributed by atoms with Crippen molar-refractivity contribution < 1.29 is 18.6 Å².